The number of nitrogens with zero attached hydrogens (tertiary/aromatic N) is 1. The van der Waals surface area contributed by atoms with Crippen LogP contribution in [0.1, 0.15) is 5.56 Å². The number of hydrogen-bond donors (Lipinski definition) is 0. The number of fused-ring (bicyclic) bond motifs is 9. The van der Waals surface area contributed by atoms with Crippen molar-refractivity contribution in [3.8, 4) is 11.3 Å². The maximum absolute atomic E-state index is 2.50. The molecule has 0 unspecified atom stereocenters. The van der Waals surface area contributed by atoms with Crippen LogP contribution in [0.3, 0.4) is 0 Å². The number of rotatable bonds is 0. The summed E-state index contributed by atoms with van der Waals surface area (Å²) < 4.78 is 5.31. The van der Waals surface area contributed by atoms with E-state index in [-0.39, 0.29) is 0 Å². The Morgan fingerprint density at radius 1 is 0.760 bits per heavy atom. The van der Waals surface area contributed by atoms with E-state index < -0.39 is 0 Å². The second-order valence-electron chi connectivity index (χ2n) is 6.75. The highest BCUT2D eigenvalue weighted by molar-refractivity contribution is 7.26. The van der Waals surface area contributed by atoms with Crippen molar-refractivity contribution < 1.29 is 4.57 Å². The van der Waals surface area contributed by atoms with Gasteiger partial charge < -0.3 is 0 Å². The van der Waals surface area contributed by atoms with Crippen molar-refractivity contribution in [3.63, 3.8) is 0 Å². The molecule has 0 saturated carbocycles. The summed E-state index contributed by atoms with van der Waals surface area (Å²) in [6, 6.07) is 26.7. The van der Waals surface area contributed by atoms with Gasteiger partial charge in [-0.05, 0) is 23.8 Å². The van der Waals surface area contributed by atoms with Gasteiger partial charge in [0.05, 0.1) is 5.56 Å². The fourth-order valence-electron chi connectivity index (χ4n) is 4.27. The first kappa shape index (κ1) is 13.6. The summed E-state index contributed by atoms with van der Waals surface area (Å²) in [5, 5.41) is 4.09. The van der Waals surface area contributed by atoms with Crippen molar-refractivity contribution in [2.75, 3.05) is 0 Å². The van der Waals surface area contributed by atoms with Gasteiger partial charge in [-0.25, -0.2) is 0 Å². The first-order valence-corrected chi connectivity index (χ1v) is 9.57. The van der Waals surface area contributed by atoms with Crippen LogP contribution in [0.4, 0.5) is 0 Å². The number of benzene rings is 3. The van der Waals surface area contributed by atoms with E-state index in [0.29, 0.717) is 0 Å². The Balaban J connectivity index is 1.78. The van der Waals surface area contributed by atoms with Gasteiger partial charge in [0.15, 0.2) is 6.54 Å². The second-order valence-corrected chi connectivity index (χ2v) is 7.81. The van der Waals surface area contributed by atoms with Gasteiger partial charge in [0.25, 0.3) is 0 Å². The van der Waals surface area contributed by atoms with Gasteiger partial charge in [0.2, 0.25) is 11.2 Å². The highest BCUT2D eigenvalue weighted by Crippen LogP contribution is 2.42. The van der Waals surface area contributed by atoms with E-state index in [1.165, 1.54) is 47.9 Å². The van der Waals surface area contributed by atoms with Crippen molar-refractivity contribution in [1.29, 1.82) is 0 Å². The van der Waals surface area contributed by atoms with Gasteiger partial charge in [0.1, 0.15) is 0 Å². The Bertz CT molecular complexity index is 1300. The van der Waals surface area contributed by atoms with E-state index in [9.17, 15) is 0 Å². The van der Waals surface area contributed by atoms with E-state index in [1.807, 2.05) is 11.3 Å². The number of aromatic nitrogens is 1. The zero-order valence-corrected chi connectivity index (χ0v) is 14.5. The summed E-state index contributed by atoms with van der Waals surface area (Å²) in [6.07, 6.45) is 1.10. The largest absolute Gasteiger partial charge is 0.214 e. The fourth-order valence-corrected chi connectivity index (χ4v) is 5.55. The van der Waals surface area contributed by atoms with Gasteiger partial charge in [-0.1, -0.05) is 42.5 Å². The van der Waals surface area contributed by atoms with Gasteiger partial charge in [-0.2, -0.15) is 4.57 Å². The van der Waals surface area contributed by atoms with Crippen LogP contribution in [-0.4, -0.2) is 0 Å². The monoisotopic (exact) mass is 338 g/mol. The van der Waals surface area contributed by atoms with E-state index in [2.05, 4.69) is 77.4 Å². The van der Waals surface area contributed by atoms with E-state index in [1.54, 1.807) is 0 Å². The highest BCUT2D eigenvalue weighted by atomic mass is 32.1. The molecule has 5 aromatic rings. The Kier molecular flexibility index (Phi) is 2.66. The average molecular weight is 338 g/mol. The van der Waals surface area contributed by atoms with Crippen LogP contribution < -0.4 is 4.57 Å². The lowest BCUT2D eigenvalue weighted by Gasteiger charge is -2.16. The molecule has 2 heteroatoms. The molecule has 0 fully saturated rings. The summed E-state index contributed by atoms with van der Waals surface area (Å²) >= 11 is 1.93. The molecule has 1 nitrogen and oxygen atoms in total. The highest BCUT2D eigenvalue weighted by Gasteiger charge is 2.27. The SMILES string of the molecule is c1ccc2c(c1)ccc1[n+]2CCc2ccc3c(sc4ccccc43)c2-1. The smallest absolute Gasteiger partial charge is 0.191 e. The molecule has 1 aliphatic heterocycles. The lowest BCUT2D eigenvalue weighted by molar-refractivity contribution is -0.661. The molecule has 0 bridgehead atoms. The van der Waals surface area contributed by atoms with Crippen molar-refractivity contribution in [1.82, 2.24) is 0 Å². The summed E-state index contributed by atoms with van der Waals surface area (Å²) in [6.45, 7) is 1.06. The summed E-state index contributed by atoms with van der Waals surface area (Å²) in [5.74, 6) is 0. The minimum absolute atomic E-state index is 1.06. The molecule has 25 heavy (non-hydrogen) atoms. The normalized spacial score (nSPS) is 13.3. The van der Waals surface area contributed by atoms with Gasteiger partial charge in [0, 0.05) is 44.1 Å². The van der Waals surface area contributed by atoms with Crippen LogP contribution in [-0.2, 0) is 13.0 Å². The van der Waals surface area contributed by atoms with Crippen LogP contribution in [0, 0.1) is 0 Å². The molecule has 0 radical (unpaired) electrons. The molecule has 0 atom stereocenters. The molecular formula is C23H16NS+. The number of pyridine rings is 1. The third kappa shape index (κ3) is 1.80. The van der Waals surface area contributed by atoms with E-state index >= 15 is 0 Å². The van der Waals surface area contributed by atoms with Crippen LogP contribution in [0.5, 0.6) is 0 Å². The molecule has 3 aromatic carbocycles. The Labute approximate surface area is 149 Å². The predicted octanol–water partition coefficient (Wildman–Crippen LogP) is 5.72. The number of hydrogen-bond acceptors (Lipinski definition) is 1. The summed E-state index contributed by atoms with van der Waals surface area (Å²) in [5.41, 5.74) is 5.62. The number of thiophene rings is 1. The van der Waals surface area contributed by atoms with Crippen molar-refractivity contribution >= 4 is 42.4 Å². The topological polar surface area (TPSA) is 3.88 Å². The molecule has 0 saturated heterocycles. The average Bonchev–Trinajstić information content (AvgIpc) is 3.06. The van der Waals surface area contributed by atoms with Crippen LogP contribution in [0.15, 0.2) is 72.8 Å². The Morgan fingerprint density at radius 2 is 1.64 bits per heavy atom. The van der Waals surface area contributed by atoms with Crippen molar-refractivity contribution in [3.05, 3.63) is 78.4 Å². The van der Waals surface area contributed by atoms with Gasteiger partial charge in [-0.15, -0.1) is 11.3 Å². The van der Waals surface area contributed by atoms with Gasteiger partial charge in [-0.3, -0.25) is 0 Å². The molecule has 0 amide bonds. The lowest BCUT2D eigenvalue weighted by atomic mass is 9.94. The van der Waals surface area contributed by atoms with Crippen LogP contribution >= 0.6 is 11.3 Å². The standard InChI is InChI=1S/C23H16NS/c1-3-7-19-15(5-1)10-12-20-22-16(13-14-24(19)20)9-11-18-17-6-2-4-8-21(17)25-23(18)22/h1-12H,13-14H2/q+1. The Morgan fingerprint density at radius 3 is 2.64 bits per heavy atom. The molecule has 0 N–H and O–H groups in total. The maximum atomic E-state index is 2.50. The minimum atomic E-state index is 1.06. The first-order chi connectivity index (χ1) is 12.4. The first-order valence-electron chi connectivity index (χ1n) is 8.75. The van der Waals surface area contributed by atoms with Gasteiger partial charge >= 0.3 is 0 Å². The lowest BCUT2D eigenvalue weighted by Crippen LogP contribution is -2.41. The molecule has 0 aliphatic carbocycles. The number of aryl methyl sites for hydroxylation is 2. The van der Waals surface area contributed by atoms with Crippen molar-refractivity contribution in [2.24, 2.45) is 0 Å². The molecule has 1 aliphatic rings. The minimum Gasteiger partial charge on any atom is -0.191 e. The fraction of sp³-hybridized carbons (Fsp3) is 0.0870. The quantitative estimate of drug-likeness (QED) is 0.318. The summed E-state index contributed by atoms with van der Waals surface area (Å²) in [7, 11) is 0. The van der Waals surface area contributed by atoms with Crippen LogP contribution in [0.25, 0.3) is 42.3 Å². The van der Waals surface area contributed by atoms with Crippen LogP contribution in [0.2, 0.25) is 0 Å². The second kappa shape index (κ2) is 4.90. The molecular weight excluding hydrogens is 322 g/mol. The Hall–Kier alpha value is -2.71. The molecule has 2 aromatic heterocycles. The zero-order chi connectivity index (χ0) is 16.4. The number of para-hydroxylation sites is 1. The third-order valence-electron chi connectivity index (χ3n) is 5.43. The maximum Gasteiger partial charge on any atom is 0.214 e. The van der Waals surface area contributed by atoms with E-state index in [0.717, 1.165) is 13.0 Å². The predicted molar refractivity (Wildman–Crippen MR) is 106 cm³/mol. The third-order valence-corrected chi connectivity index (χ3v) is 6.64. The van der Waals surface area contributed by atoms with Crippen molar-refractivity contribution in [2.45, 2.75) is 13.0 Å². The molecule has 6 rings (SSSR count). The molecule has 0 spiro atoms. The zero-order valence-electron chi connectivity index (χ0n) is 13.7. The summed E-state index contributed by atoms with van der Waals surface area (Å²) in [4.78, 5) is 0. The van der Waals surface area contributed by atoms with E-state index in [4.69, 9.17) is 0 Å². The molecule has 118 valence electrons. The molecule has 3 heterocycles.